The maximum absolute atomic E-state index is 12.3. The Kier molecular flexibility index (Phi) is 6.39. The fraction of sp³-hybridized carbons (Fsp3) is 0.250. The molecule has 152 valence electrons. The molecule has 0 amide bonds. The first-order chi connectivity index (χ1) is 13.8. The zero-order valence-corrected chi connectivity index (χ0v) is 18.1. The largest absolute Gasteiger partial charge is 0.308 e. The zero-order chi connectivity index (χ0) is 21.0. The van der Waals surface area contributed by atoms with Gasteiger partial charge < -0.3 is 4.57 Å². The maximum Gasteiger partial charge on any atom is 0.232 e. The smallest absolute Gasteiger partial charge is 0.232 e. The Labute approximate surface area is 174 Å². The zero-order valence-electron chi connectivity index (χ0n) is 16.4. The third kappa shape index (κ3) is 5.24. The van der Waals surface area contributed by atoms with Crippen LogP contribution in [-0.4, -0.2) is 41.0 Å². The van der Waals surface area contributed by atoms with Crippen molar-refractivity contribution >= 4 is 33.3 Å². The minimum Gasteiger partial charge on any atom is -0.308 e. The van der Waals surface area contributed by atoms with E-state index in [1.165, 1.54) is 16.1 Å². The SMILES string of the molecule is Cc1ccc(N(Cc2nnc(SCC(=O)c3ccccc3)n2C)S(C)(=O)=O)cc1. The number of rotatable bonds is 8. The van der Waals surface area contributed by atoms with Gasteiger partial charge in [0.1, 0.15) is 0 Å². The molecular weight excluding hydrogens is 408 g/mol. The molecule has 1 aromatic heterocycles. The standard InChI is InChI=1S/C20H22N4O3S2/c1-15-9-11-17(12-10-15)24(29(3,26)27)13-19-21-22-20(23(19)2)28-14-18(25)16-7-5-4-6-8-16/h4-12H,13-14H2,1-3H3. The summed E-state index contributed by atoms with van der Waals surface area (Å²) < 4.78 is 27.7. The summed E-state index contributed by atoms with van der Waals surface area (Å²) in [6, 6.07) is 16.3. The van der Waals surface area contributed by atoms with Gasteiger partial charge in [0.15, 0.2) is 16.8 Å². The fourth-order valence-corrected chi connectivity index (χ4v) is 4.36. The van der Waals surface area contributed by atoms with Crippen LogP contribution >= 0.6 is 11.8 Å². The molecule has 0 unspecified atom stereocenters. The Morgan fingerprint density at radius 2 is 1.72 bits per heavy atom. The number of sulfonamides is 1. The molecule has 0 aliphatic heterocycles. The first-order valence-electron chi connectivity index (χ1n) is 8.89. The van der Waals surface area contributed by atoms with Gasteiger partial charge in [0.25, 0.3) is 0 Å². The summed E-state index contributed by atoms with van der Waals surface area (Å²) in [5.74, 6) is 0.715. The average molecular weight is 431 g/mol. The Hall–Kier alpha value is -2.65. The first-order valence-corrected chi connectivity index (χ1v) is 11.7. The minimum atomic E-state index is -3.51. The average Bonchev–Trinajstić information content (AvgIpc) is 3.04. The summed E-state index contributed by atoms with van der Waals surface area (Å²) >= 11 is 1.28. The van der Waals surface area contributed by atoms with Crippen LogP contribution in [0.15, 0.2) is 59.8 Å². The second-order valence-electron chi connectivity index (χ2n) is 6.64. The summed E-state index contributed by atoms with van der Waals surface area (Å²) in [6.07, 6.45) is 1.16. The molecule has 0 fully saturated rings. The normalized spacial score (nSPS) is 11.4. The van der Waals surface area contributed by atoms with Crippen molar-refractivity contribution in [1.82, 2.24) is 14.8 Å². The van der Waals surface area contributed by atoms with Crippen molar-refractivity contribution < 1.29 is 13.2 Å². The molecule has 0 bridgehead atoms. The number of carbonyl (C=O) groups is 1. The molecular formula is C20H22N4O3S2. The van der Waals surface area contributed by atoms with Gasteiger partial charge in [-0.1, -0.05) is 59.8 Å². The number of hydrogen-bond donors (Lipinski definition) is 0. The van der Waals surface area contributed by atoms with E-state index in [1.807, 2.05) is 37.3 Å². The highest BCUT2D eigenvalue weighted by molar-refractivity contribution is 7.99. The Balaban J connectivity index is 1.75. The molecule has 3 aromatic rings. The van der Waals surface area contributed by atoms with Gasteiger partial charge in [-0.25, -0.2) is 8.42 Å². The van der Waals surface area contributed by atoms with Gasteiger partial charge in [-0.2, -0.15) is 0 Å². The summed E-state index contributed by atoms with van der Waals surface area (Å²) in [7, 11) is -1.74. The Morgan fingerprint density at radius 3 is 2.34 bits per heavy atom. The number of ketones is 1. The third-order valence-corrected chi connectivity index (χ3v) is 6.52. The van der Waals surface area contributed by atoms with Crippen LogP contribution in [0.5, 0.6) is 0 Å². The van der Waals surface area contributed by atoms with E-state index in [9.17, 15) is 13.2 Å². The highest BCUT2D eigenvalue weighted by Crippen LogP contribution is 2.23. The van der Waals surface area contributed by atoms with Gasteiger partial charge in [0.2, 0.25) is 10.0 Å². The molecule has 0 atom stereocenters. The van der Waals surface area contributed by atoms with Gasteiger partial charge in [0.05, 0.1) is 24.2 Å². The molecule has 0 aliphatic rings. The molecule has 0 spiro atoms. The molecule has 0 saturated heterocycles. The second kappa shape index (κ2) is 8.79. The lowest BCUT2D eigenvalue weighted by Gasteiger charge is -2.22. The highest BCUT2D eigenvalue weighted by atomic mass is 32.2. The van der Waals surface area contributed by atoms with Crippen LogP contribution in [0, 0.1) is 6.92 Å². The van der Waals surface area contributed by atoms with E-state index in [1.54, 1.807) is 35.9 Å². The molecule has 0 aliphatic carbocycles. The second-order valence-corrected chi connectivity index (χ2v) is 9.49. The number of aromatic nitrogens is 3. The van der Waals surface area contributed by atoms with Gasteiger partial charge in [-0.15, -0.1) is 10.2 Å². The van der Waals surface area contributed by atoms with Crippen molar-refractivity contribution in [3.63, 3.8) is 0 Å². The summed E-state index contributed by atoms with van der Waals surface area (Å²) in [6.45, 7) is 2.00. The monoisotopic (exact) mass is 430 g/mol. The van der Waals surface area contributed by atoms with E-state index in [2.05, 4.69) is 10.2 Å². The maximum atomic E-state index is 12.3. The summed E-state index contributed by atoms with van der Waals surface area (Å²) in [5, 5.41) is 8.82. The number of carbonyl (C=O) groups excluding carboxylic acids is 1. The highest BCUT2D eigenvalue weighted by Gasteiger charge is 2.21. The quantitative estimate of drug-likeness (QED) is 0.403. The number of aryl methyl sites for hydroxylation is 1. The number of benzene rings is 2. The molecule has 0 saturated carbocycles. The topological polar surface area (TPSA) is 85.2 Å². The molecule has 0 radical (unpaired) electrons. The van der Waals surface area contributed by atoms with Crippen LogP contribution < -0.4 is 4.31 Å². The number of thioether (sulfide) groups is 1. The van der Waals surface area contributed by atoms with Crippen LogP contribution in [0.25, 0.3) is 0 Å². The van der Waals surface area contributed by atoms with Crippen molar-refractivity contribution in [2.75, 3.05) is 16.3 Å². The van der Waals surface area contributed by atoms with Crippen LogP contribution in [0.2, 0.25) is 0 Å². The van der Waals surface area contributed by atoms with Crippen molar-refractivity contribution in [2.24, 2.45) is 7.05 Å². The van der Waals surface area contributed by atoms with E-state index >= 15 is 0 Å². The van der Waals surface area contributed by atoms with Crippen molar-refractivity contribution in [1.29, 1.82) is 0 Å². The number of hydrogen-bond acceptors (Lipinski definition) is 6. The van der Waals surface area contributed by atoms with Gasteiger partial charge >= 0.3 is 0 Å². The molecule has 29 heavy (non-hydrogen) atoms. The van der Waals surface area contributed by atoms with Crippen LogP contribution in [-0.2, 0) is 23.6 Å². The van der Waals surface area contributed by atoms with E-state index in [-0.39, 0.29) is 18.1 Å². The molecule has 7 nitrogen and oxygen atoms in total. The Bertz CT molecular complexity index is 1090. The summed E-state index contributed by atoms with van der Waals surface area (Å²) in [5.41, 5.74) is 2.25. The van der Waals surface area contributed by atoms with E-state index in [0.717, 1.165) is 11.8 Å². The van der Waals surface area contributed by atoms with Crippen LogP contribution in [0.3, 0.4) is 0 Å². The summed E-state index contributed by atoms with van der Waals surface area (Å²) in [4.78, 5) is 12.3. The molecule has 9 heteroatoms. The lowest BCUT2D eigenvalue weighted by atomic mass is 10.2. The van der Waals surface area contributed by atoms with Crippen LogP contribution in [0.1, 0.15) is 21.7 Å². The van der Waals surface area contributed by atoms with Gasteiger partial charge in [0, 0.05) is 12.6 Å². The van der Waals surface area contributed by atoms with E-state index in [4.69, 9.17) is 0 Å². The van der Waals surface area contributed by atoms with Crippen molar-refractivity contribution in [2.45, 2.75) is 18.6 Å². The predicted molar refractivity (Wildman–Crippen MR) is 115 cm³/mol. The van der Waals surface area contributed by atoms with Gasteiger partial charge in [-0.05, 0) is 19.1 Å². The van der Waals surface area contributed by atoms with E-state index < -0.39 is 10.0 Å². The first kappa shape index (κ1) is 21.1. The van der Waals surface area contributed by atoms with Crippen molar-refractivity contribution in [3.05, 3.63) is 71.5 Å². The molecule has 1 heterocycles. The molecule has 0 N–H and O–H groups in total. The predicted octanol–water partition coefficient (Wildman–Crippen LogP) is 3.06. The lowest BCUT2D eigenvalue weighted by Crippen LogP contribution is -2.30. The van der Waals surface area contributed by atoms with Crippen LogP contribution in [0.4, 0.5) is 5.69 Å². The number of anilines is 1. The molecule has 2 aromatic carbocycles. The minimum absolute atomic E-state index is 0.00225. The van der Waals surface area contributed by atoms with Crippen molar-refractivity contribution in [3.8, 4) is 0 Å². The van der Waals surface area contributed by atoms with Gasteiger partial charge in [-0.3, -0.25) is 9.10 Å². The molecule has 3 rings (SSSR count). The third-order valence-electron chi connectivity index (χ3n) is 4.36. The fourth-order valence-electron chi connectivity index (χ4n) is 2.69. The Morgan fingerprint density at radius 1 is 1.07 bits per heavy atom. The number of Topliss-reactive ketones (excluding diaryl/α,β-unsaturated/α-hetero) is 1. The lowest BCUT2D eigenvalue weighted by molar-refractivity contribution is 0.102. The van der Waals surface area contributed by atoms with E-state index in [0.29, 0.717) is 22.2 Å². The number of nitrogens with zero attached hydrogens (tertiary/aromatic N) is 4.